The van der Waals surface area contributed by atoms with E-state index in [9.17, 15) is 8.42 Å². The van der Waals surface area contributed by atoms with E-state index in [-0.39, 0.29) is 11.5 Å². The smallest absolute Gasteiger partial charge is 0.243 e. The second-order valence-corrected chi connectivity index (χ2v) is 5.72. The van der Waals surface area contributed by atoms with Crippen LogP contribution in [0.1, 0.15) is 13.8 Å². The van der Waals surface area contributed by atoms with Gasteiger partial charge in [-0.2, -0.15) is 4.31 Å². The molecule has 0 radical (unpaired) electrons. The van der Waals surface area contributed by atoms with Crippen LogP contribution in [0, 0.1) is 0 Å². The lowest BCUT2D eigenvalue weighted by atomic mass is 10.3. The molecule has 0 aliphatic carbocycles. The van der Waals surface area contributed by atoms with Gasteiger partial charge in [0.1, 0.15) is 19.0 Å². The summed E-state index contributed by atoms with van der Waals surface area (Å²) in [5.41, 5.74) is 0. The first kappa shape index (κ1) is 15.9. The number of nitrogens with zero attached hydrogens (tertiary/aromatic N) is 1. The van der Waals surface area contributed by atoms with Crippen LogP contribution in [0.4, 0.5) is 0 Å². The fraction of sp³-hybridized carbons (Fsp3) is 0.500. The molecule has 0 heterocycles. The van der Waals surface area contributed by atoms with Crippen LogP contribution in [0.3, 0.4) is 0 Å². The molecule has 0 aliphatic rings. The summed E-state index contributed by atoms with van der Waals surface area (Å²) in [7, 11) is -3.41. The minimum Gasteiger partial charge on any atom is -0.491 e. The topological polar surface area (TPSA) is 81.9 Å². The van der Waals surface area contributed by atoms with E-state index in [0.29, 0.717) is 25.4 Å². The van der Waals surface area contributed by atoms with Crippen molar-refractivity contribution in [3.05, 3.63) is 24.3 Å². The Bertz CT molecular complexity index is 469. The second kappa shape index (κ2) is 7.44. The van der Waals surface area contributed by atoms with Gasteiger partial charge in [0.15, 0.2) is 0 Å². The Morgan fingerprint density at radius 3 is 2.16 bits per heavy atom. The van der Waals surface area contributed by atoms with Crippen LogP contribution in [0.5, 0.6) is 5.75 Å². The van der Waals surface area contributed by atoms with E-state index >= 15 is 0 Å². The molecule has 0 bridgehead atoms. The molecule has 1 rings (SSSR count). The van der Waals surface area contributed by atoms with Crippen molar-refractivity contribution in [2.45, 2.75) is 18.7 Å². The maximum absolute atomic E-state index is 12.2. The van der Waals surface area contributed by atoms with Gasteiger partial charge in [-0.15, -0.1) is 0 Å². The molecule has 7 heteroatoms. The highest BCUT2D eigenvalue weighted by molar-refractivity contribution is 7.89. The monoisotopic (exact) mass is 288 g/mol. The Kier molecular flexibility index (Phi) is 6.23. The second-order valence-electron chi connectivity index (χ2n) is 3.78. The number of hydrogen-bond donors (Lipinski definition) is 1. The van der Waals surface area contributed by atoms with Gasteiger partial charge in [-0.3, -0.25) is 0 Å². The van der Waals surface area contributed by atoms with Crippen molar-refractivity contribution in [1.29, 1.82) is 0 Å². The highest BCUT2D eigenvalue weighted by Gasteiger charge is 2.21. The third kappa shape index (κ3) is 4.17. The number of sulfonamides is 1. The average molecular weight is 288 g/mol. The van der Waals surface area contributed by atoms with Crippen LogP contribution in [-0.2, 0) is 14.9 Å². The standard InChI is InChI=1S/C12H20N2O4S/c1-3-14(4-2)19(15,16)12-7-5-11(6-8-12)17-9-10-18-13/h5-8H,3-4,9-10,13H2,1-2H3. The van der Waals surface area contributed by atoms with E-state index in [1.807, 2.05) is 13.8 Å². The van der Waals surface area contributed by atoms with Gasteiger partial charge in [0.05, 0.1) is 4.90 Å². The predicted octanol–water partition coefficient (Wildman–Crippen LogP) is 0.986. The maximum Gasteiger partial charge on any atom is 0.243 e. The third-order valence-electron chi connectivity index (χ3n) is 2.64. The van der Waals surface area contributed by atoms with Crippen molar-refractivity contribution < 1.29 is 18.0 Å². The maximum atomic E-state index is 12.2. The number of rotatable bonds is 8. The predicted molar refractivity (Wildman–Crippen MR) is 72.2 cm³/mol. The number of nitrogens with two attached hydrogens (primary N) is 1. The van der Waals surface area contributed by atoms with Gasteiger partial charge in [-0.1, -0.05) is 13.8 Å². The fourth-order valence-electron chi connectivity index (χ4n) is 1.63. The molecule has 0 aliphatic heterocycles. The van der Waals surface area contributed by atoms with Crippen molar-refractivity contribution in [1.82, 2.24) is 4.31 Å². The summed E-state index contributed by atoms with van der Waals surface area (Å²) in [5, 5.41) is 0. The molecule has 0 saturated heterocycles. The van der Waals surface area contributed by atoms with E-state index in [2.05, 4.69) is 4.84 Å². The molecular weight excluding hydrogens is 268 g/mol. The van der Waals surface area contributed by atoms with Crippen LogP contribution in [0.2, 0.25) is 0 Å². The Hall–Kier alpha value is -1.15. The summed E-state index contributed by atoms with van der Waals surface area (Å²) in [6.07, 6.45) is 0. The molecule has 19 heavy (non-hydrogen) atoms. The molecule has 0 amide bonds. The Labute approximate surface area is 114 Å². The van der Waals surface area contributed by atoms with Gasteiger partial charge in [-0.25, -0.2) is 14.3 Å². The summed E-state index contributed by atoms with van der Waals surface area (Å²) in [6, 6.07) is 6.30. The molecule has 0 saturated carbocycles. The van der Waals surface area contributed by atoms with E-state index in [1.165, 1.54) is 16.4 Å². The van der Waals surface area contributed by atoms with Gasteiger partial charge < -0.3 is 9.57 Å². The molecular formula is C12H20N2O4S. The lowest BCUT2D eigenvalue weighted by Crippen LogP contribution is -2.30. The quantitative estimate of drug-likeness (QED) is 0.570. The third-order valence-corrected chi connectivity index (χ3v) is 4.70. The molecule has 0 aromatic heterocycles. The van der Waals surface area contributed by atoms with E-state index in [1.54, 1.807) is 12.1 Å². The van der Waals surface area contributed by atoms with Gasteiger partial charge in [0, 0.05) is 13.1 Å². The summed E-state index contributed by atoms with van der Waals surface area (Å²) >= 11 is 0. The van der Waals surface area contributed by atoms with Crippen LogP contribution < -0.4 is 10.6 Å². The highest BCUT2D eigenvalue weighted by Crippen LogP contribution is 2.19. The molecule has 108 valence electrons. The van der Waals surface area contributed by atoms with Gasteiger partial charge in [-0.05, 0) is 24.3 Å². The zero-order valence-electron chi connectivity index (χ0n) is 11.2. The number of hydrogen-bond acceptors (Lipinski definition) is 5. The highest BCUT2D eigenvalue weighted by atomic mass is 32.2. The lowest BCUT2D eigenvalue weighted by molar-refractivity contribution is 0.102. The molecule has 6 nitrogen and oxygen atoms in total. The number of benzene rings is 1. The molecule has 1 aromatic carbocycles. The summed E-state index contributed by atoms with van der Waals surface area (Å²) in [6.45, 7) is 5.12. The number of ether oxygens (including phenoxy) is 1. The summed E-state index contributed by atoms with van der Waals surface area (Å²) < 4.78 is 31.2. The zero-order valence-corrected chi connectivity index (χ0v) is 12.0. The fourth-order valence-corrected chi connectivity index (χ4v) is 3.09. The summed E-state index contributed by atoms with van der Waals surface area (Å²) in [4.78, 5) is 4.64. The van der Waals surface area contributed by atoms with Crippen molar-refractivity contribution in [3.8, 4) is 5.75 Å². The van der Waals surface area contributed by atoms with E-state index < -0.39 is 10.0 Å². The summed E-state index contributed by atoms with van der Waals surface area (Å²) in [5.74, 6) is 5.45. The first-order valence-electron chi connectivity index (χ1n) is 6.11. The van der Waals surface area contributed by atoms with Crippen LogP contribution in [0.15, 0.2) is 29.2 Å². The Balaban J connectivity index is 2.80. The minimum atomic E-state index is -3.41. The molecule has 0 unspecified atom stereocenters. The lowest BCUT2D eigenvalue weighted by Gasteiger charge is -2.18. The van der Waals surface area contributed by atoms with E-state index in [0.717, 1.165) is 0 Å². The van der Waals surface area contributed by atoms with Crippen molar-refractivity contribution in [2.75, 3.05) is 26.3 Å². The normalized spacial score (nSPS) is 11.8. The van der Waals surface area contributed by atoms with Gasteiger partial charge in [0.2, 0.25) is 10.0 Å². The van der Waals surface area contributed by atoms with Crippen LogP contribution >= 0.6 is 0 Å². The van der Waals surface area contributed by atoms with Crippen LogP contribution in [0.25, 0.3) is 0 Å². The first-order valence-corrected chi connectivity index (χ1v) is 7.55. The first-order chi connectivity index (χ1) is 9.06. The van der Waals surface area contributed by atoms with Crippen molar-refractivity contribution >= 4 is 10.0 Å². The SMILES string of the molecule is CCN(CC)S(=O)(=O)c1ccc(OCCON)cc1. The largest absolute Gasteiger partial charge is 0.491 e. The van der Waals surface area contributed by atoms with Crippen molar-refractivity contribution in [3.63, 3.8) is 0 Å². The molecule has 0 atom stereocenters. The molecule has 2 N–H and O–H groups in total. The minimum absolute atomic E-state index is 0.263. The van der Waals surface area contributed by atoms with Crippen molar-refractivity contribution in [2.24, 2.45) is 5.90 Å². The molecule has 0 spiro atoms. The van der Waals surface area contributed by atoms with E-state index in [4.69, 9.17) is 10.6 Å². The zero-order chi connectivity index (χ0) is 14.3. The Morgan fingerprint density at radius 2 is 1.68 bits per heavy atom. The molecule has 0 fully saturated rings. The Morgan fingerprint density at radius 1 is 1.11 bits per heavy atom. The van der Waals surface area contributed by atoms with Gasteiger partial charge in [0.25, 0.3) is 0 Å². The molecule has 1 aromatic rings. The van der Waals surface area contributed by atoms with Crippen LogP contribution in [-0.4, -0.2) is 39.0 Å². The van der Waals surface area contributed by atoms with Gasteiger partial charge >= 0.3 is 0 Å². The average Bonchev–Trinajstić information content (AvgIpc) is 2.41.